The quantitative estimate of drug-likeness (QED) is 0.295. The van der Waals surface area contributed by atoms with Crippen molar-refractivity contribution in [2.24, 2.45) is 5.16 Å². The molecule has 9 heteroatoms. The van der Waals surface area contributed by atoms with Gasteiger partial charge in [-0.15, -0.1) is 0 Å². The average molecular weight is 490 g/mol. The third-order valence-electron chi connectivity index (χ3n) is 6.84. The highest BCUT2D eigenvalue weighted by Gasteiger charge is 2.22. The van der Waals surface area contributed by atoms with Gasteiger partial charge in [-0.3, -0.25) is 4.98 Å². The van der Waals surface area contributed by atoms with Crippen LogP contribution >= 0.6 is 0 Å². The molecule has 3 heterocycles. The standard InChI is InChI=1S/C27H31N5O4/c1-31-13-15-32(16-14-31)12-2-9-29-27(33)36-25-18-23(26(35-25)19-7-10-28-11-8-19)21-3-5-22-20(17-21)4-6-24(22)30-34/h3,5,7-8,10-11,17-18,34H,2,4,6,9,12-16H2,1H3,(H,29,33). The number of carbonyl (C=O) groups is 1. The van der Waals surface area contributed by atoms with Crippen LogP contribution in [0.15, 0.2) is 58.4 Å². The molecule has 0 bridgehead atoms. The maximum atomic E-state index is 12.5. The number of likely N-dealkylation sites (N-methyl/N-ethyl adjacent to an activating group) is 1. The molecule has 0 unspecified atom stereocenters. The summed E-state index contributed by atoms with van der Waals surface area (Å²) in [6.45, 7) is 5.77. The van der Waals surface area contributed by atoms with Gasteiger partial charge in [0.15, 0.2) is 0 Å². The summed E-state index contributed by atoms with van der Waals surface area (Å²) in [4.78, 5) is 21.3. The van der Waals surface area contributed by atoms with Crippen LogP contribution in [0.2, 0.25) is 0 Å². The van der Waals surface area contributed by atoms with E-state index in [9.17, 15) is 10.0 Å². The molecule has 2 N–H and O–H groups in total. The summed E-state index contributed by atoms with van der Waals surface area (Å²) in [7, 11) is 2.14. The first-order chi connectivity index (χ1) is 17.6. The zero-order valence-electron chi connectivity index (χ0n) is 20.4. The minimum atomic E-state index is -0.535. The molecular formula is C27H31N5O4. The summed E-state index contributed by atoms with van der Waals surface area (Å²) in [6.07, 6.45) is 5.24. The molecule has 9 nitrogen and oxygen atoms in total. The third-order valence-corrected chi connectivity index (χ3v) is 6.84. The number of fused-ring (bicyclic) bond motifs is 1. The number of benzene rings is 1. The van der Waals surface area contributed by atoms with Crippen LogP contribution in [0.5, 0.6) is 5.95 Å². The van der Waals surface area contributed by atoms with Crippen LogP contribution in [0.1, 0.15) is 24.0 Å². The number of nitrogens with one attached hydrogen (secondary N) is 1. The van der Waals surface area contributed by atoms with Gasteiger partial charge in [0, 0.05) is 67.9 Å². The van der Waals surface area contributed by atoms with Gasteiger partial charge >= 0.3 is 6.09 Å². The molecule has 1 aliphatic heterocycles. The summed E-state index contributed by atoms with van der Waals surface area (Å²) < 4.78 is 11.5. The Morgan fingerprint density at radius 1 is 1.08 bits per heavy atom. The molecule has 5 rings (SSSR count). The highest BCUT2D eigenvalue weighted by Crippen LogP contribution is 2.39. The topological polar surface area (TPSA) is 103 Å². The molecule has 0 radical (unpaired) electrons. The number of carbonyl (C=O) groups excluding carboxylic acids is 1. The van der Waals surface area contributed by atoms with Crippen molar-refractivity contribution in [1.82, 2.24) is 20.1 Å². The number of ether oxygens (including phenoxy) is 1. The van der Waals surface area contributed by atoms with Crippen molar-refractivity contribution in [2.45, 2.75) is 19.3 Å². The van der Waals surface area contributed by atoms with E-state index < -0.39 is 6.09 Å². The lowest BCUT2D eigenvalue weighted by Crippen LogP contribution is -2.45. The maximum Gasteiger partial charge on any atom is 0.415 e. The molecule has 2 aliphatic rings. The van der Waals surface area contributed by atoms with Crippen LogP contribution in [0.25, 0.3) is 22.5 Å². The van der Waals surface area contributed by atoms with Crippen LogP contribution in [0.3, 0.4) is 0 Å². The van der Waals surface area contributed by atoms with Crippen molar-refractivity contribution in [1.29, 1.82) is 0 Å². The molecule has 0 saturated carbocycles. The Morgan fingerprint density at radius 2 is 1.89 bits per heavy atom. The van der Waals surface area contributed by atoms with E-state index in [2.05, 4.69) is 38.4 Å². The number of rotatable bonds is 7. The van der Waals surface area contributed by atoms with E-state index >= 15 is 0 Å². The second-order valence-corrected chi connectivity index (χ2v) is 9.28. The lowest BCUT2D eigenvalue weighted by Gasteiger charge is -2.32. The smallest absolute Gasteiger partial charge is 0.415 e. The van der Waals surface area contributed by atoms with Crippen LogP contribution < -0.4 is 10.1 Å². The Hall–Kier alpha value is -3.69. The molecule has 0 spiro atoms. The number of hydrogen-bond donors (Lipinski definition) is 2. The second-order valence-electron chi connectivity index (χ2n) is 9.28. The molecular weight excluding hydrogens is 458 g/mol. The highest BCUT2D eigenvalue weighted by molar-refractivity contribution is 6.04. The molecule has 3 aromatic rings. The summed E-state index contributed by atoms with van der Waals surface area (Å²) in [6, 6.07) is 11.5. The number of aryl methyl sites for hydroxylation is 1. The minimum Gasteiger partial charge on any atom is -0.425 e. The Balaban J connectivity index is 1.27. The van der Waals surface area contributed by atoms with Crippen molar-refractivity contribution in [3.8, 4) is 28.4 Å². The fraction of sp³-hybridized carbons (Fsp3) is 0.370. The number of amides is 1. The van der Waals surface area contributed by atoms with Crippen LogP contribution in [-0.4, -0.2) is 78.1 Å². The minimum absolute atomic E-state index is 0.131. The predicted molar refractivity (Wildman–Crippen MR) is 137 cm³/mol. The van der Waals surface area contributed by atoms with Gasteiger partial charge in [0.25, 0.3) is 5.95 Å². The average Bonchev–Trinajstić information content (AvgIpc) is 3.52. The molecule has 188 valence electrons. The van der Waals surface area contributed by atoms with Gasteiger partial charge in [0.05, 0.1) is 5.71 Å². The Labute approximate surface area is 210 Å². The van der Waals surface area contributed by atoms with Gasteiger partial charge in [-0.05, 0) is 56.1 Å². The molecule has 1 aromatic carbocycles. The Kier molecular flexibility index (Phi) is 7.29. The molecule has 1 fully saturated rings. The Morgan fingerprint density at radius 3 is 2.67 bits per heavy atom. The largest absolute Gasteiger partial charge is 0.425 e. The number of hydrogen-bond acceptors (Lipinski definition) is 8. The van der Waals surface area contributed by atoms with E-state index in [0.29, 0.717) is 24.4 Å². The van der Waals surface area contributed by atoms with Crippen molar-refractivity contribution < 1.29 is 19.2 Å². The van der Waals surface area contributed by atoms with E-state index in [-0.39, 0.29) is 5.95 Å². The van der Waals surface area contributed by atoms with Crippen molar-refractivity contribution in [3.63, 3.8) is 0 Å². The SMILES string of the molecule is CN1CCN(CCCNC(=O)Oc2cc(-c3ccc4c(c3)CCC4=NO)c(-c3ccncc3)o2)CC1. The van der Waals surface area contributed by atoms with Gasteiger partial charge in [0.1, 0.15) is 5.76 Å². The molecule has 1 saturated heterocycles. The fourth-order valence-electron chi connectivity index (χ4n) is 4.78. The molecule has 36 heavy (non-hydrogen) atoms. The number of piperazine rings is 1. The molecule has 1 amide bonds. The van der Waals surface area contributed by atoms with Crippen LogP contribution in [0.4, 0.5) is 4.79 Å². The van der Waals surface area contributed by atoms with E-state index in [4.69, 9.17) is 9.15 Å². The van der Waals surface area contributed by atoms with E-state index in [0.717, 1.165) is 73.4 Å². The van der Waals surface area contributed by atoms with Crippen LogP contribution in [-0.2, 0) is 6.42 Å². The zero-order valence-corrected chi connectivity index (χ0v) is 20.4. The maximum absolute atomic E-state index is 12.5. The highest BCUT2D eigenvalue weighted by atomic mass is 16.6. The third kappa shape index (κ3) is 5.42. The first-order valence-electron chi connectivity index (χ1n) is 12.4. The lowest BCUT2D eigenvalue weighted by atomic mass is 9.98. The van der Waals surface area contributed by atoms with E-state index in [1.54, 1.807) is 18.5 Å². The molecule has 2 aromatic heterocycles. The normalized spacial score (nSPS) is 17.3. The predicted octanol–water partition coefficient (Wildman–Crippen LogP) is 3.86. The first-order valence-corrected chi connectivity index (χ1v) is 12.4. The van der Waals surface area contributed by atoms with Gasteiger partial charge in [-0.1, -0.05) is 23.4 Å². The van der Waals surface area contributed by atoms with Crippen molar-refractivity contribution in [3.05, 3.63) is 59.9 Å². The second kappa shape index (κ2) is 10.9. The number of oxime groups is 1. The molecule has 0 atom stereocenters. The van der Waals surface area contributed by atoms with Crippen LogP contribution in [0, 0.1) is 0 Å². The monoisotopic (exact) mass is 489 g/mol. The first kappa shape index (κ1) is 24.0. The van der Waals surface area contributed by atoms with Gasteiger partial charge in [0.2, 0.25) is 0 Å². The Bertz CT molecular complexity index is 1230. The van der Waals surface area contributed by atoms with Gasteiger partial charge in [-0.2, -0.15) is 0 Å². The number of pyridine rings is 1. The number of furan rings is 1. The van der Waals surface area contributed by atoms with Gasteiger partial charge < -0.3 is 29.5 Å². The van der Waals surface area contributed by atoms with E-state index in [1.807, 2.05) is 24.3 Å². The van der Waals surface area contributed by atoms with Gasteiger partial charge in [-0.25, -0.2) is 4.79 Å². The summed E-state index contributed by atoms with van der Waals surface area (Å²) in [5, 5.41) is 15.5. The lowest BCUT2D eigenvalue weighted by molar-refractivity contribution is 0.151. The summed E-state index contributed by atoms with van der Waals surface area (Å²) in [5.41, 5.74) is 5.36. The molecule has 1 aliphatic carbocycles. The summed E-state index contributed by atoms with van der Waals surface area (Å²) in [5.74, 6) is 0.732. The number of nitrogens with zero attached hydrogens (tertiary/aromatic N) is 4. The number of aromatic nitrogens is 1. The summed E-state index contributed by atoms with van der Waals surface area (Å²) >= 11 is 0. The fourth-order valence-corrected chi connectivity index (χ4v) is 4.78. The van der Waals surface area contributed by atoms with Crippen molar-refractivity contribution in [2.75, 3.05) is 46.3 Å². The van der Waals surface area contributed by atoms with E-state index in [1.165, 1.54) is 0 Å². The van der Waals surface area contributed by atoms with Crippen molar-refractivity contribution >= 4 is 11.8 Å². The zero-order chi connectivity index (χ0) is 24.9.